The van der Waals surface area contributed by atoms with Crippen LogP contribution in [0.15, 0.2) is 48.1 Å². The summed E-state index contributed by atoms with van der Waals surface area (Å²) in [5.74, 6) is 0. The van der Waals surface area contributed by atoms with Crippen LogP contribution in [0.4, 0.5) is 24.0 Å². The Hall–Kier alpha value is -2.45. The highest BCUT2D eigenvalue weighted by Crippen LogP contribution is 2.35. The average molecular weight is 463 g/mol. The van der Waals surface area contributed by atoms with Crippen molar-refractivity contribution >= 4 is 22.2 Å². The lowest BCUT2D eigenvalue weighted by Gasteiger charge is -2.20. The Balaban J connectivity index is 1.68. The number of hydrogen-bond acceptors (Lipinski definition) is 5. The molecule has 0 fully saturated rings. The Morgan fingerprint density at radius 1 is 1.09 bits per heavy atom. The van der Waals surface area contributed by atoms with E-state index in [-0.39, 0.29) is 12.1 Å². The number of halogens is 3. The van der Waals surface area contributed by atoms with Gasteiger partial charge in [-0.25, -0.2) is 4.98 Å². The highest BCUT2D eigenvalue weighted by Gasteiger charge is 2.33. The zero-order valence-corrected chi connectivity index (χ0v) is 19.3. The number of alkyl halides is 3. The van der Waals surface area contributed by atoms with E-state index < -0.39 is 11.7 Å². The summed E-state index contributed by atoms with van der Waals surface area (Å²) >= 11 is 1.34. The smallest absolute Gasteiger partial charge is 0.332 e. The molecule has 0 aliphatic rings. The highest BCUT2D eigenvalue weighted by molar-refractivity contribution is 7.14. The standard InChI is InChI=1S/C24H29F3N4S/c1-3-4-5-6-7-13-31(2)16-19-10-11-20(14-21(19)24(25,26)27)29-23-30-22(17-32-23)18-9-8-12-28-15-18/h8-12,14-15,17H,3-7,13,16H2,1-2H3,(H,29,30). The maximum atomic E-state index is 13.8. The fourth-order valence-corrected chi connectivity index (χ4v) is 4.25. The second kappa shape index (κ2) is 11.4. The molecule has 0 radical (unpaired) electrons. The van der Waals surface area contributed by atoms with Crippen molar-refractivity contribution in [2.75, 3.05) is 18.9 Å². The molecule has 4 nitrogen and oxygen atoms in total. The normalized spacial score (nSPS) is 11.8. The van der Waals surface area contributed by atoms with Crippen LogP contribution in [-0.2, 0) is 12.7 Å². The van der Waals surface area contributed by atoms with E-state index in [0.717, 1.165) is 30.6 Å². The number of nitrogens with one attached hydrogen (secondary N) is 1. The molecule has 3 aromatic rings. The number of hydrogen-bond donors (Lipinski definition) is 1. The average Bonchev–Trinajstić information content (AvgIpc) is 3.23. The third-order valence-corrected chi connectivity index (χ3v) is 5.97. The molecule has 8 heteroatoms. The van der Waals surface area contributed by atoms with Crippen molar-refractivity contribution in [3.05, 3.63) is 59.2 Å². The first-order valence-corrected chi connectivity index (χ1v) is 11.8. The lowest BCUT2D eigenvalue weighted by Crippen LogP contribution is -2.21. The second-order valence-electron chi connectivity index (χ2n) is 7.93. The summed E-state index contributed by atoms with van der Waals surface area (Å²) in [5.41, 5.74) is 1.65. The number of pyridine rings is 1. The Kier molecular flexibility index (Phi) is 8.64. The third kappa shape index (κ3) is 7.03. The first kappa shape index (κ1) is 24.2. The number of rotatable bonds is 11. The number of benzene rings is 1. The van der Waals surface area contributed by atoms with Crippen LogP contribution in [0, 0.1) is 0 Å². The van der Waals surface area contributed by atoms with Gasteiger partial charge in [-0.15, -0.1) is 11.3 Å². The quantitative estimate of drug-likeness (QED) is 0.302. The Morgan fingerprint density at radius 3 is 2.62 bits per heavy atom. The molecule has 0 aliphatic heterocycles. The fourth-order valence-electron chi connectivity index (χ4n) is 3.51. The molecule has 0 spiro atoms. The Bertz CT molecular complexity index is 973. The van der Waals surface area contributed by atoms with Gasteiger partial charge in [0.05, 0.1) is 11.3 Å². The molecule has 0 saturated carbocycles. The predicted octanol–water partition coefficient (Wildman–Crippen LogP) is 7.37. The van der Waals surface area contributed by atoms with E-state index >= 15 is 0 Å². The van der Waals surface area contributed by atoms with Gasteiger partial charge in [0.15, 0.2) is 5.13 Å². The highest BCUT2D eigenvalue weighted by atomic mass is 32.1. The van der Waals surface area contributed by atoms with Gasteiger partial charge in [-0.2, -0.15) is 13.2 Å². The van der Waals surface area contributed by atoms with Gasteiger partial charge in [-0.1, -0.05) is 38.7 Å². The minimum absolute atomic E-state index is 0.269. The summed E-state index contributed by atoms with van der Waals surface area (Å²) in [4.78, 5) is 10.5. The molecule has 0 bridgehead atoms. The number of anilines is 2. The van der Waals surface area contributed by atoms with Gasteiger partial charge in [0.2, 0.25) is 0 Å². The molecule has 0 saturated heterocycles. The molecule has 3 rings (SSSR count). The number of nitrogens with zero attached hydrogens (tertiary/aromatic N) is 3. The van der Waals surface area contributed by atoms with E-state index in [1.54, 1.807) is 24.5 Å². The summed E-state index contributed by atoms with van der Waals surface area (Å²) < 4.78 is 41.3. The van der Waals surface area contributed by atoms with Gasteiger partial charge < -0.3 is 10.2 Å². The second-order valence-corrected chi connectivity index (χ2v) is 8.78. The SMILES string of the molecule is CCCCCCCN(C)Cc1ccc(Nc2nc(-c3cccnc3)cs2)cc1C(F)(F)F. The van der Waals surface area contributed by atoms with E-state index in [9.17, 15) is 13.2 Å². The van der Waals surface area contributed by atoms with E-state index in [1.807, 2.05) is 29.5 Å². The van der Waals surface area contributed by atoms with Crippen LogP contribution in [-0.4, -0.2) is 28.5 Å². The van der Waals surface area contributed by atoms with E-state index in [0.29, 0.717) is 10.8 Å². The molecule has 32 heavy (non-hydrogen) atoms. The lowest BCUT2D eigenvalue weighted by atomic mass is 10.0. The van der Waals surface area contributed by atoms with Crippen LogP contribution in [0.2, 0.25) is 0 Å². The summed E-state index contributed by atoms with van der Waals surface area (Å²) in [5, 5.41) is 5.41. The van der Waals surface area contributed by atoms with Crippen molar-refractivity contribution in [3.63, 3.8) is 0 Å². The molecule has 0 unspecified atom stereocenters. The molecule has 1 aromatic carbocycles. The van der Waals surface area contributed by atoms with Crippen molar-refractivity contribution < 1.29 is 13.2 Å². The number of aromatic nitrogens is 2. The predicted molar refractivity (Wildman–Crippen MR) is 125 cm³/mol. The fraction of sp³-hybridized carbons (Fsp3) is 0.417. The van der Waals surface area contributed by atoms with Crippen LogP contribution < -0.4 is 5.32 Å². The van der Waals surface area contributed by atoms with Crippen LogP contribution in [0.25, 0.3) is 11.3 Å². The zero-order chi connectivity index (χ0) is 23.0. The zero-order valence-electron chi connectivity index (χ0n) is 18.5. The molecular formula is C24H29F3N4S. The molecule has 2 heterocycles. The van der Waals surface area contributed by atoms with Crippen LogP contribution in [0.1, 0.15) is 50.2 Å². The monoisotopic (exact) mass is 462 g/mol. The first-order chi connectivity index (χ1) is 15.4. The van der Waals surface area contributed by atoms with E-state index in [4.69, 9.17) is 0 Å². The maximum absolute atomic E-state index is 13.8. The van der Waals surface area contributed by atoms with Crippen molar-refractivity contribution in [2.24, 2.45) is 0 Å². The van der Waals surface area contributed by atoms with Crippen LogP contribution in [0.5, 0.6) is 0 Å². The molecule has 1 N–H and O–H groups in total. The Labute approximate surface area is 191 Å². The molecule has 0 aliphatic carbocycles. The number of thiazole rings is 1. The maximum Gasteiger partial charge on any atom is 0.416 e. The van der Waals surface area contributed by atoms with E-state index in [2.05, 4.69) is 22.2 Å². The van der Waals surface area contributed by atoms with Gasteiger partial charge in [0.25, 0.3) is 0 Å². The van der Waals surface area contributed by atoms with Gasteiger partial charge in [0, 0.05) is 35.6 Å². The topological polar surface area (TPSA) is 41.0 Å². The van der Waals surface area contributed by atoms with Crippen LogP contribution in [0.3, 0.4) is 0 Å². The third-order valence-electron chi connectivity index (χ3n) is 5.21. The minimum Gasteiger partial charge on any atom is -0.332 e. The lowest BCUT2D eigenvalue weighted by molar-refractivity contribution is -0.138. The Morgan fingerprint density at radius 2 is 1.91 bits per heavy atom. The largest absolute Gasteiger partial charge is 0.416 e. The first-order valence-electron chi connectivity index (χ1n) is 10.9. The molecular weight excluding hydrogens is 433 g/mol. The van der Waals surface area contributed by atoms with Gasteiger partial charge >= 0.3 is 6.18 Å². The van der Waals surface area contributed by atoms with Gasteiger partial charge in [0.1, 0.15) is 0 Å². The summed E-state index contributed by atoms with van der Waals surface area (Å²) in [7, 11) is 1.88. The van der Waals surface area contributed by atoms with Crippen LogP contribution >= 0.6 is 11.3 Å². The summed E-state index contributed by atoms with van der Waals surface area (Å²) in [6.07, 6.45) is 4.64. The number of unbranched alkanes of at least 4 members (excludes halogenated alkanes) is 4. The summed E-state index contributed by atoms with van der Waals surface area (Å²) in [6.45, 7) is 3.22. The molecule has 2 aromatic heterocycles. The van der Waals surface area contributed by atoms with Crippen molar-refractivity contribution in [1.29, 1.82) is 0 Å². The molecule has 0 atom stereocenters. The van der Waals surface area contributed by atoms with Crippen molar-refractivity contribution in [1.82, 2.24) is 14.9 Å². The van der Waals surface area contributed by atoms with Gasteiger partial charge in [-0.3, -0.25) is 4.98 Å². The molecule has 0 amide bonds. The summed E-state index contributed by atoms with van der Waals surface area (Å²) in [6, 6.07) is 8.13. The molecule has 172 valence electrons. The van der Waals surface area contributed by atoms with E-state index in [1.165, 1.54) is 36.7 Å². The minimum atomic E-state index is -4.42. The van der Waals surface area contributed by atoms with Crippen molar-refractivity contribution in [3.8, 4) is 11.3 Å². The van der Waals surface area contributed by atoms with Crippen molar-refractivity contribution in [2.45, 2.75) is 51.7 Å². The van der Waals surface area contributed by atoms with Gasteiger partial charge in [-0.05, 0) is 49.8 Å².